The lowest BCUT2D eigenvalue weighted by Crippen LogP contribution is -2.44. The summed E-state index contributed by atoms with van der Waals surface area (Å²) in [5.41, 5.74) is 0.283. The van der Waals surface area contributed by atoms with Crippen LogP contribution in [-0.2, 0) is 18.9 Å². The fourth-order valence-electron chi connectivity index (χ4n) is 3.22. The Balaban J connectivity index is 1.95. The van der Waals surface area contributed by atoms with Crippen molar-refractivity contribution in [2.75, 3.05) is 12.1 Å². The molecule has 124 valence electrons. The molecule has 0 saturated carbocycles. The maximum Gasteiger partial charge on any atom is 0.332 e. The standard InChI is InChI=1S/C16H15N3O5/c1-18-14-13(15(21)19(2)16(18)22)9(6-12(20)17-14)8-3-4-10-11(5-8)24-7-23-10/h3-5,9H,6-7H2,1-2H3,(H,17,20). The Morgan fingerprint density at radius 1 is 1.08 bits per heavy atom. The number of hydrogen-bond donors (Lipinski definition) is 1. The van der Waals surface area contributed by atoms with Crippen LogP contribution in [0.25, 0.3) is 0 Å². The zero-order valence-corrected chi connectivity index (χ0v) is 13.2. The van der Waals surface area contributed by atoms with Crippen molar-refractivity contribution in [3.8, 4) is 11.5 Å². The molecule has 0 aliphatic carbocycles. The van der Waals surface area contributed by atoms with Crippen molar-refractivity contribution in [2.24, 2.45) is 14.1 Å². The highest BCUT2D eigenvalue weighted by molar-refractivity contribution is 5.94. The van der Waals surface area contributed by atoms with E-state index in [1.54, 1.807) is 12.1 Å². The molecule has 0 spiro atoms. The summed E-state index contributed by atoms with van der Waals surface area (Å²) in [6.07, 6.45) is 0.125. The van der Waals surface area contributed by atoms with Crippen molar-refractivity contribution in [2.45, 2.75) is 12.3 Å². The van der Waals surface area contributed by atoms with Crippen LogP contribution in [0.2, 0.25) is 0 Å². The second-order valence-corrected chi connectivity index (χ2v) is 5.89. The maximum absolute atomic E-state index is 12.7. The first-order valence-electron chi connectivity index (χ1n) is 7.46. The molecule has 2 aromatic rings. The van der Waals surface area contributed by atoms with E-state index in [1.807, 2.05) is 6.07 Å². The number of ether oxygens (including phenoxy) is 2. The molecule has 1 aromatic carbocycles. The Kier molecular flexibility index (Phi) is 3.02. The number of amides is 1. The predicted molar refractivity (Wildman–Crippen MR) is 84.6 cm³/mol. The van der Waals surface area contributed by atoms with Gasteiger partial charge in [0, 0.05) is 26.4 Å². The SMILES string of the molecule is Cn1c2c(c(=O)n(C)c1=O)C(c1ccc3c(c1)OCO3)CC(=O)N2. The average molecular weight is 329 g/mol. The van der Waals surface area contributed by atoms with Gasteiger partial charge >= 0.3 is 5.69 Å². The van der Waals surface area contributed by atoms with Gasteiger partial charge in [-0.15, -0.1) is 0 Å². The summed E-state index contributed by atoms with van der Waals surface area (Å²) >= 11 is 0. The van der Waals surface area contributed by atoms with E-state index in [4.69, 9.17) is 9.47 Å². The molecule has 2 aliphatic heterocycles. The molecule has 1 atom stereocenters. The van der Waals surface area contributed by atoms with E-state index < -0.39 is 17.2 Å². The summed E-state index contributed by atoms with van der Waals surface area (Å²) < 4.78 is 13.0. The summed E-state index contributed by atoms with van der Waals surface area (Å²) in [7, 11) is 2.96. The number of nitrogens with zero attached hydrogens (tertiary/aromatic N) is 2. The Morgan fingerprint density at radius 3 is 2.62 bits per heavy atom. The zero-order chi connectivity index (χ0) is 17.0. The van der Waals surface area contributed by atoms with Crippen LogP contribution in [0, 0.1) is 0 Å². The molecule has 2 aliphatic rings. The molecule has 8 nitrogen and oxygen atoms in total. The molecule has 3 heterocycles. The fourth-order valence-corrected chi connectivity index (χ4v) is 3.22. The molecule has 1 aromatic heterocycles. The van der Waals surface area contributed by atoms with E-state index in [0.29, 0.717) is 17.1 Å². The number of hydrogen-bond acceptors (Lipinski definition) is 5. The fraction of sp³-hybridized carbons (Fsp3) is 0.312. The molecule has 0 saturated heterocycles. The Hall–Kier alpha value is -3.03. The lowest BCUT2D eigenvalue weighted by molar-refractivity contribution is -0.116. The van der Waals surface area contributed by atoms with Gasteiger partial charge in [0.25, 0.3) is 5.56 Å². The molecular weight excluding hydrogens is 314 g/mol. The van der Waals surface area contributed by atoms with E-state index in [1.165, 1.54) is 18.7 Å². The quantitative estimate of drug-likeness (QED) is 0.812. The van der Waals surface area contributed by atoms with Crippen LogP contribution in [0.15, 0.2) is 27.8 Å². The summed E-state index contributed by atoms with van der Waals surface area (Å²) in [6, 6.07) is 5.35. The van der Waals surface area contributed by atoms with Crippen molar-refractivity contribution in [3.63, 3.8) is 0 Å². The van der Waals surface area contributed by atoms with Crippen molar-refractivity contribution in [1.82, 2.24) is 9.13 Å². The number of carbonyl (C=O) groups excluding carboxylic acids is 1. The zero-order valence-electron chi connectivity index (χ0n) is 13.2. The van der Waals surface area contributed by atoms with Gasteiger partial charge < -0.3 is 14.8 Å². The van der Waals surface area contributed by atoms with E-state index in [-0.39, 0.29) is 24.9 Å². The molecule has 8 heteroatoms. The summed E-state index contributed by atoms with van der Waals surface area (Å²) in [5, 5.41) is 2.64. The van der Waals surface area contributed by atoms with Gasteiger partial charge in [-0.1, -0.05) is 6.07 Å². The number of nitrogens with one attached hydrogen (secondary N) is 1. The van der Waals surface area contributed by atoms with E-state index in [2.05, 4.69) is 5.32 Å². The van der Waals surface area contributed by atoms with Crippen LogP contribution in [-0.4, -0.2) is 21.8 Å². The third kappa shape index (κ3) is 1.96. The molecule has 24 heavy (non-hydrogen) atoms. The van der Waals surface area contributed by atoms with Crippen molar-refractivity contribution >= 4 is 11.7 Å². The van der Waals surface area contributed by atoms with Gasteiger partial charge in [0.1, 0.15) is 5.82 Å². The predicted octanol–water partition coefficient (Wildman–Crippen LogP) is 0.287. The van der Waals surface area contributed by atoms with Crippen molar-refractivity contribution in [3.05, 3.63) is 50.2 Å². The number of rotatable bonds is 1. The molecule has 1 amide bonds. The number of carbonyl (C=O) groups is 1. The second kappa shape index (κ2) is 4.98. The highest BCUT2D eigenvalue weighted by Crippen LogP contribution is 2.39. The van der Waals surface area contributed by atoms with E-state index in [9.17, 15) is 14.4 Å². The Morgan fingerprint density at radius 2 is 1.83 bits per heavy atom. The van der Waals surface area contributed by atoms with Gasteiger partial charge in [0.2, 0.25) is 12.7 Å². The van der Waals surface area contributed by atoms with Gasteiger partial charge in [-0.25, -0.2) is 4.79 Å². The normalized spacial score (nSPS) is 18.2. The van der Waals surface area contributed by atoms with Crippen LogP contribution in [0.3, 0.4) is 0 Å². The number of anilines is 1. The highest BCUT2D eigenvalue weighted by Gasteiger charge is 2.33. The molecule has 1 N–H and O–H groups in total. The highest BCUT2D eigenvalue weighted by atomic mass is 16.7. The van der Waals surface area contributed by atoms with Crippen molar-refractivity contribution in [1.29, 1.82) is 0 Å². The maximum atomic E-state index is 12.7. The minimum atomic E-state index is -0.481. The monoisotopic (exact) mass is 329 g/mol. The molecular formula is C16H15N3O5. The Bertz CT molecular complexity index is 988. The van der Waals surface area contributed by atoms with Gasteiger partial charge in [0.05, 0.1) is 5.56 Å². The Labute approximate surface area is 136 Å². The van der Waals surface area contributed by atoms with Crippen LogP contribution in [0.1, 0.15) is 23.5 Å². The average Bonchev–Trinajstić information content (AvgIpc) is 3.04. The van der Waals surface area contributed by atoms with Gasteiger partial charge in [-0.3, -0.25) is 18.7 Å². The topological polar surface area (TPSA) is 91.6 Å². The first-order valence-corrected chi connectivity index (χ1v) is 7.46. The number of fused-ring (bicyclic) bond motifs is 2. The number of aromatic nitrogens is 2. The first-order chi connectivity index (χ1) is 11.5. The third-order valence-electron chi connectivity index (χ3n) is 4.49. The molecule has 0 bridgehead atoms. The van der Waals surface area contributed by atoms with Crippen LogP contribution >= 0.6 is 0 Å². The van der Waals surface area contributed by atoms with Gasteiger partial charge in [-0.2, -0.15) is 0 Å². The lowest BCUT2D eigenvalue weighted by atomic mass is 9.86. The molecule has 1 unspecified atom stereocenters. The van der Waals surface area contributed by atoms with Gasteiger partial charge in [-0.05, 0) is 17.7 Å². The molecule has 0 radical (unpaired) electrons. The van der Waals surface area contributed by atoms with Crippen LogP contribution in [0.4, 0.5) is 5.82 Å². The minimum Gasteiger partial charge on any atom is -0.454 e. The van der Waals surface area contributed by atoms with Gasteiger partial charge in [0.15, 0.2) is 11.5 Å². The third-order valence-corrected chi connectivity index (χ3v) is 4.49. The largest absolute Gasteiger partial charge is 0.454 e. The smallest absolute Gasteiger partial charge is 0.332 e. The second-order valence-electron chi connectivity index (χ2n) is 5.89. The molecule has 4 rings (SSSR count). The molecule has 0 fully saturated rings. The van der Waals surface area contributed by atoms with Crippen LogP contribution < -0.4 is 26.0 Å². The van der Waals surface area contributed by atoms with Crippen LogP contribution in [0.5, 0.6) is 11.5 Å². The summed E-state index contributed by atoms with van der Waals surface area (Å²) in [5.74, 6) is 0.776. The summed E-state index contributed by atoms with van der Waals surface area (Å²) in [6.45, 7) is 0.150. The minimum absolute atomic E-state index is 0.125. The van der Waals surface area contributed by atoms with E-state index in [0.717, 1.165) is 10.1 Å². The first kappa shape index (κ1) is 14.6. The van der Waals surface area contributed by atoms with Crippen molar-refractivity contribution < 1.29 is 14.3 Å². The van der Waals surface area contributed by atoms with E-state index >= 15 is 0 Å². The lowest BCUT2D eigenvalue weighted by Gasteiger charge is -2.27. The summed E-state index contributed by atoms with van der Waals surface area (Å²) in [4.78, 5) is 36.9. The number of benzene rings is 1.